The first-order valence-corrected chi connectivity index (χ1v) is 7.45. The molecule has 3 rings (SSSR count). The number of nitrogens with one attached hydrogen (secondary N) is 1. The van der Waals surface area contributed by atoms with Crippen molar-refractivity contribution >= 4 is 0 Å². The Kier molecular flexibility index (Phi) is 3.76. The van der Waals surface area contributed by atoms with E-state index in [9.17, 15) is 5.11 Å². The quantitative estimate of drug-likeness (QED) is 0.826. The Bertz CT molecular complexity index is 442. The predicted octanol–water partition coefficient (Wildman–Crippen LogP) is 2.43. The Morgan fingerprint density at radius 3 is 3.00 bits per heavy atom. The van der Waals surface area contributed by atoms with Crippen LogP contribution < -0.4 is 10.1 Å². The average molecular weight is 261 g/mol. The van der Waals surface area contributed by atoms with Crippen molar-refractivity contribution in [2.75, 3.05) is 13.2 Å². The fourth-order valence-electron chi connectivity index (χ4n) is 2.83. The second-order valence-corrected chi connectivity index (χ2v) is 5.74. The summed E-state index contributed by atoms with van der Waals surface area (Å²) < 4.78 is 5.54. The molecular formula is C16H23NO2. The minimum absolute atomic E-state index is 0.174. The molecule has 0 saturated heterocycles. The maximum atomic E-state index is 9.95. The van der Waals surface area contributed by atoms with Gasteiger partial charge in [0.05, 0.1) is 12.7 Å². The van der Waals surface area contributed by atoms with Gasteiger partial charge in [-0.15, -0.1) is 0 Å². The van der Waals surface area contributed by atoms with Crippen molar-refractivity contribution < 1.29 is 9.84 Å². The van der Waals surface area contributed by atoms with Gasteiger partial charge in [0.1, 0.15) is 5.75 Å². The Morgan fingerprint density at radius 1 is 1.42 bits per heavy atom. The molecule has 104 valence electrons. The molecule has 1 heterocycles. The number of fused-ring (bicyclic) bond motifs is 1. The number of rotatable bonds is 6. The fourth-order valence-corrected chi connectivity index (χ4v) is 2.83. The van der Waals surface area contributed by atoms with Crippen molar-refractivity contribution in [1.29, 1.82) is 0 Å². The molecule has 2 atom stereocenters. The van der Waals surface area contributed by atoms with Crippen LogP contribution in [0.3, 0.4) is 0 Å². The van der Waals surface area contributed by atoms with Crippen molar-refractivity contribution in [2.24, 2.45) is 5.92 Å². The first-order chi connectivity index (χ1) is 9.28. The molecule has 2 unspecified atom stereocenters. The SMILES string of the molecule is CCC(NCC(O)C1CC1)c1ccc2c(c1)CCO2. The van der Waals surface area contributed by atoms with E-state index in [2.05, 4.69) is 30.4 Å². The largest absolute Gasteiger partial charge is 0.493 e. The summed E-state index contributed by atoms with van der Waals surface area (Å²) in [5.41, 5.74) is 2.63. The number of aliphatic hydroxyl groups excluding tert-OH is 1. The van der Waals surface area contributed by atoms with E-state index in [1.165, 1.54) is 24.0 Å². The third-order valence-corrected chi connectivity index (χ3v) is 4.26. The lowest BCUT2D eigenvalue weighted by molar-refractivity contribution is 0.144. The van der Waals surface area contributed by atoms with Crippen molar-refractivity contribution in [1.82, 2.24) is 5.32 Å². The molecule has 2 N–H and O–H groups in total. The highest BCUT2D eigenvalue weighted by molar-refractivity contribution is 5.40. The molecule has 3 heteroatoms. The summed E-state index contributed by atoms with van der Waals surface area (Å²) in [7, 11) is 0. The number of aliphatic hydroxyl groups is 1. The van der Waals surface area contributed by atoms with Gasteiger partial charge in [-0.3, -0.25) is 0 Å². The summed E-state index contributed by atoms with van der Waals surface area (Å²) in [5.74, 6) is 1.58. The first-order valence-electron chi connectivity index (χ1n) is 7.45. The van der Waals surface area contributed by atoms with Crippen molar-refractivity contribution in [2.45, 2.75) is 44.8 Å². The number of benzene rings is 1. The summed E-state index contributed by atoms with van der Waals surface area (Å²) in [6.07, 6.45) is 4.26. The van der Waals surface area contributed by atoms with E-state index in [0.717, 1.165) is 25.2 Å². The molecule has 3 nitrogen and oxygen atoms in total. The van der Waals surface area contributed by atoms with Crippen LogP contribution in [0.2, 0.25) is 0 Å². The highest BCUT2D eigenvalue weighted by Crippen LogP contribution is 2.33. The highest BCUT2D eigenvalue weighted by Gasteiger charge is 2.29. The van der Waals surface area contributed by atoms with E-state index < -0.39 is 0 Å². The predicted molar refractivity (Wildman–Crippen MR) is 75.4 cm³/mol. The van der Waals surface area contributed by atoms with Gasteiger partial charge in [0, 0.05) is 19.0 Å². The van der Waals surface area contributed by atoms with Gasteiger partial charge in [0.25, 0.3) is 0 Å². The van der Waals surface area contributed by atoms with Gasteiger partial charge in [-0.25, -0.2) is 0 Å². The van der Waals surface area contributed by atoms with E-state index in [1.807, 2.05) is 0 Å². The second kappa shape index (κ2) is 5.51. The summed E-state index contributed by atoms with van der Waals surface area (Å²) in [5, 5.41) is 13.5. The van der Waals surface area contributed by atoms with Gasteiger partial charge in [-0.2, -0.15) is 0 Å². The summed E-state index contributed by atoms with van der Waals surface area (Å²) in [6.45, 7) is 3.70. The van der Waals surface area contributed by atoms with E-state index in [0.29, 0.717) is 18.5 Å². The summed E-state index contributed by atoms with van der Waals surface area (Å²) in [6, 6.07) is 6.82. The molecular weight excluding hydrogens is 238 g/mol. The van der Waals surface area contributed by atoms with Crippen LogP contribution in [0, 0.1) is 5.92 Å². The van der Waals surface area contributed by atoms with Gasteiger partial charge < -0.3 is 15.2 Å². The van der Waals surface area contributed by atoms with Crippen molar-refractivity contribution in [3.8, 4) is 5.75 Å². The van der Waals surface area contributed by atoms with E-state index in [-0.39, 0.29) is 6.10 Å². The van der Waals surface area contributed by atoms with Gasteiger partial charge in [0.15, 0.2) is 0 Å². The molecule has 1 aromatic carbocycles. The van der Waals surface area contributed by atoms with Gasteiger partial charge in [0.2, 0.25) is 0 Å². The van der Waals surface area contributed by atoms with Gasteiger partial charge in [-0.1, -0.05) is 19.1 Å². The summed E-state index contributed by atoms with van der Waals surface area (Å²) in [4.78, 5) is 0. The maximum absolute atomic E-state index is 9.95. The van der Waals surface area contributed by atoms with Gasteiger partial charge >= 0.3 is 0 Å². The molecule has 1 aliphatic carbocycles. The van der Waals surface area contributed by atoms with Crippen LogP contribution in [0.1, 0.15) is 43.4 Å². The third-order valence-electron chi connectivity index (χ3n) is 4.26. The van der Waals surface area contributed by atoms with Crippen molar-refractivity contribution in [3.05, 3.63) is 29.3 Å². The number of hydrogen-bond acceptors (Lipinski definition) is 3. The molecule has 19 heavy (non-hydrogen) atoms. The second-order valence-electron chi connectivity index (χ2n) is 5.74. The molecule has 2 aliphatic rings. The minimum Gasteiger partial charge on any atom is -0.493 e. The van der Waals surface area contributed by atoms with Crippen LogP contribution in [-0.2, 0) is 6.42 Å². The zero-order valence-electron chi connectivity index (χ0n) is 11.6. The van der Waals surface area contributed by atoms with Crippen LogP contribution >= 0.6 is 0 Å². The van der Waals surface area contributed by atoms with Crippen LogP contribution in [0.25, 0.3) is 0 Å². The molecule has 1 aromatic rings. The minimum atomic E-state index is -0.174. The Morgan fingerprint density at radius 2 is 2.26 bits per heavy atom. The molecule has 0 radical (unpaired) electrons. The van der Waals surface area contributed by atoms with E-state index >= 15 is 0 Å². The lowest BCUT2D eigenvalue weighted by Crippen LogP contribution is -2.31. The first kappa shape index (κ1) is 12.9. The van der Waals surface area contributed by atoms with Crippen molar-refractivity contribution in [3.63, 3.8) is 0 Å². The molecule has 0 amide bonds. The smallest absolute Gasteiger partial charge is 0.122 e. The normalized spacial score (nSPS) is 20.7. The Hall–Kier alpha value is -1.06. The molecule has 1 saturated carbocycles. The number of hydrogen-bond donors (Lipinski definition) is 2. The lowest BCUT2D eigenvalue weighted by atomic mass is 10.0. The fraction of sp³-hybridized carbons (Fsp3) is 0.625. The molecule has 1 fully saturated rings. The molecule has 0 bridgehead atoms. The van der Waals surface area contributed by atoms with Crippen LogP contribution in [0.4, 0.5) is 0 Å². The van der Waals surface area contributed by atoms with Crippen LogP contribution in [0.15, 0.2) is 18.2 Å². The average Bonchev–Trinajstić information content (AvgIpc) is 3.17. The van der Waals surface area contributed by atoms with Gasteiger partial charge in [-0.05, 0) is 42.4 Å². The zero-order valence-corrected chi connectivity index (χ0v) is 11.6. The molecule has 1 aliphatic heterocycles. The standard InChI is InChI=1S/C16H23NO2/c1-2-14(17-10-15(18)11-3-4-11)12-5-6-16-13(9-12)7-8-19-16/h5-6,9,11,14-15,17-18H,2-4,7-8,10H2,1H3. The maximum Gasteiger partial charge on any atom is 0.122 e. The number of ether oxygens (including phenoxy) is 1. The lowest BCUT2D eigenvalue weighted by Gasteiger charge is -2.20. The topological polar surface area (TPSA) is 41.5 Å². The Balaban J connectivity index is 1.64. The highest BCUT2D eigenvalue weighted by atomic mass is 16.5. The van der Waals surface area contributed by atoms with E-state index in [1.54, 1.807) is 0 Å². The zero-order chi connectivity index (χ0) is 13.2. The summed E-state index contributed by atoms with van der Waals surface area (Å²) >= 11 is 0. The monoisotopic (exact) mass is 261 g/mol. The third kappa shape index (κ3) is 2.93. The van der Waals surface area contributed by atoms with E-state index in [4.69, 9.17) is 4.74 Å². The molecule has 0 aromatic heterocycles. The van der Waals surface area contributed by atoms with Crippen LogP contribution in [-0.4, -0.2) is 24.4 Å². The molecule has 0 spiro atoms. The van der Waals surface area contributed by atoms with Crippen LogP contribution in [0.5, 0.6) is 5.75 Å². The Labute approximate surface area is 115 Å².